The summed E-state index contributed by atoms with van der Waals surface area (Å²) in [7, 11) is 0. The normalized spacial score (nSPS) is 22.2. The average Bonchev–Trinajstić information content (AvgIpc) is 3.09. The number of anilines is 2. The zero-order valence-corrected chi connectivity index (χ0v) is 18.5. The number of amides is 3. The molecule has 1 saturated heterocycles. The number of aryl methyl sites for hydroxylation is 1. The third-order valence-corrected chi connectivity index (χ3v) is 6.87. The van der Waals surface area contributed by atoms with Crippen molar-refractivity contribution in [1.82, 2.24) is 0 Å². The molecular formula is C28H26N2O3. The Morgan fingerprint density at radius 3 is 2.33 bits per heavy atom. The Labute approximate surface area is 193 Å². The summed E-state index contributed by atoms with van der Waals surface area (Å²) in [6, 6.07) is 24.5. The zero-order chi connectivity index (χ0) is 22.9. The van der Waals surface area contributed by atoms with E-state index in [1.165, 1.54) is 10.5 Å². The van der Waals surface area contributed by atoms with E-state index in [4.69, 9.17) is 0 Å². The van der Waals surface area contributed by atoms with Crippen LogP contribution in [0.1, 0.15) is 46.7 Å². The van der Waals surface area contributed by atoms with Crippen LogP contribution in [0.5, 0.6) is 0 Å². The second-order valence-electron chi connectivity index (χ2n) is 9.02. The van der Waals surface area contributed by atoms with Crippen LogP contribution in [0.4, 0.5) is 11.4 Å². The SMILES string of the molecule is Cc1ccc(C(=O)Nc2cccc(N3C(=O)[C@@H]4CC[C@@H](c5ccccc5)C[C@H]4C3=O)c2)cc1. The van der Waals surface area contributed by atoms with Crippen molar-refractivity contribution in [3.8, 4) is 0 Å². The van der Waals surface area contributed by atoms with Gasteiger partial charge in [0.15, 0.2) is 0 Å². The van der Waals surface area contributed by atoms with Gasteiger partial charge in [0.25, 0.3) is 5.91 Å². The van der Waals surface area contributed by atoms with E-state index in [-0.39, 0.29) is 29.6 Å². The van der Waals surface area contributed by atoms with Crippen molar-refractivity contribution >= 4 is 29.1 Å². The number of carbonyl (C=O) groups excluding carboxylic acids is 3. The highest BCUT2D eigenvalue weighted by atomic mass is 16.2. The van der Waals surface area contributed by atoms with Gasteiger partial charge in [-0.3, -0.25) is 14.4 Å². The van der Waals surface area contributed by atoms with E-state index in [9.17, 15) is 14.4 Å². The van der Waals surface area contributed by atoms with Gasteiger partial charge in [-0.25, -0.2) is 4.90 Å². The summed E-state index contributed by atoms with van der Waals surface area (Å²) in [5, 5.41) is 2.87. The minimum absolute atomic E-state index is 0.126. The van der Waals surface area contributed by atoms with Gasteiger partial charge in [0.2, 0.25) is 11.8 Å². The van der Waals surface area contributed by atoms with E-state index >= 15 is 0 Å². The number of hydrogen-bond donors (Lipinski definition) is 1. The van der Waals surface area contributed by atoms with Gasteiger partial charge in [0, 0.05) is 11.3 Å². The predicted molar refractivity (Wildman–Crippen MR) is 128 cm³/mol. The molecule has 2 fully saturated rings. The van der Waals surface area contributed by atoms with Crippen LogP contribution in [-0.2, 0) is 9.59 Å². The zero-order valence-electron chi connectivity index (χ0n) is 18.5. The maximum atomic E-state index is 13.3. The standard InChI is InChI=1S/C28H26N2O3/c1-18-10-12-20(13-11-18)26(31)29-22-8-5-9-23(17-22)30-27(32)24-15-14-21(16-25(24)28(30)33)19-6-3-2-4-7-19/h2-13,17,21,24-25H,14-16H2,1H3,(H,29,31)/t21-,24-,25-/m1/s1. The van der Waals surface area contributed by atoms with Gasteiger partial charge in [0.05, 0.1) is 17.5 Å². The van der Waals surface area contributed by atoms with E-state index < -0.39 is 0 Å². The molecule has 5 heteroatoms. The quantitative estimate of drug-likeness (QED) is 0.561. The summed E-state index contributed by atoms with van der Waals surface area (Å²) < 4.78 is 0. The molecule has 0 bridgehead atoms. The van der Waals surface area contributed by atoms with Gasteiger partial charge >= 0.3 is 0 Å². The fraction of sp³-hybridized carbons (Fsp3) is 0.250. The van der Waals surface area contributed by atoms with Crippen LogP contribution in [0.15, 0.2) is 78.9 Å². The Hall–Kier alpha value is -3.73. The number of benzene rings is 3. The van der Waals surface area contributed by atoms with Crippen LogP contribution in [0.3, 0.4) is 0 Å². The van der Waals surface area contributed by atoms with Gasteiger partial charge in [-0.15, -0.1) is 0 Å². The first-order valence-electron chi connectivity index (χ1n) is 11.4. The van der Waals surface area contributed by atoms with Gasteiger partial charge in [-0.05, 0) is 68.0 Å². The molecule has 0 spiro atoms. The van der Waals surface area contributed by atoms with E-state index in [2.05, 4.69) is 17.4 Å². The van der Waals surface area contributed by atoms with Crippen molar-refractivity contribution in [3.63, 3.8) is 0 Å². The Bertz CT molecular complexity index is 1200. The largest absolute Gasteiger partial charge is 0.322 e. The Morgan fingerprint density at radius 2 is 1.58 bits per heavy atom. The molecule has 3 atom stereocenters. The van der Waals surface area contributed by atoms with Gasteiger partial charge < -0.3 is 5.32 Å². The lowest BCUT2D eigenvalue weighted by molar-refractivity contribution is -0.122. The molecule has 0 unspecified atom stereocenters. The van der Waals surface area contributed by atoms with Crippen molar-refractivity contribution in [1.29, 1.82) is 0 Å². The van der Waals surface area contributed by atoms with Crippen LogP contribution in [0.2, 0.25) is 0 Å². The molecule has 0 radical (unpaired) electrons. The Kier molecular flexibility index (Phi) is 5.55. The van der Waals surface area contributed by atoms with E-state index in [0.717, 1.165) is 18.4 Å². The van der Waals surface area contributed by atoms with E-state index in [1.807, 2.05) is 37.3 Å². The fourth-order valence-corrected chi connectivity index (χ4v) is 5.09. The minimum Gasteiger partial charge on any atom is -0.322 e. The first-order chi connectivity index (χ1) is 16.0. The summed E-state index contributed by atoms with van der Waals surface area (Å²) in [5.41, 5.74) is 3.93. The third kappa shape index (κ3) is 4.07. The first kappa shape index (κ1) is 21.1. The number of nitrogens with zero attached hydrogens (tertiary/aromatic N) is 1. The van der Waals surface area contributed by atoms with E-state index in [1.54, 1.807) is 36.4 Å². The van der Waals surface area contributed by atoms with Crippen molar-refractivity contribution < 1.29 is 14.4 Å². The molecule has 1 N–H and O–H groups in total. The van der Waals surface area contributed by atoms with Crippen LogP contribution < -0.4 is 10.2 Å². The molecule has 166 valence electrons. The van der Waals surface area contributed by atoms with Crippen molar-refractivity contribution in [2.24, 2.45) is 11.8 Å². The molecule has 3 aromatic rings. The number of rotatable bonds is 4. The summed E-state index contributed by atoms with van der Waals surface area (Å²) in [5.74, 6) is -0.744. The average molecular weight is 439 g/mol. The highest BCUT2D eigenvalue weighted by molar-refractivity contribution is 6.22. The lowest BCUT2D eigenvalue weighted by Gasteiger charge is -2.28. The minimum atomic E-state index is -0.290. The molecule has 3 aromatic carbocycles. The Morgan fingerprint density at radius 1 is 0.848 bits per heavy atom. The lowest BCUT2D eigenvalue weighted by Crippen LogP contribution is -2.31. The fourth-order valence-electron chi connectivity index (χ4n) is 5.09. The second-order valence-corrected chi connectivity index (χ2v) is 9.02. The summed E-state index contributed by atoms with van der Waals surface area (Å²) in [4.78, 5) is 40.5. The smallest absolute Gasteiger partial charge is 0.255 e. The molecule has 2 aliphatic rings. The molecule has 1 saturated carbocycles. The first-order valence-corrected chi connectivity index (χ1v) is 11.4. The molecular weight excluding hydrogens is 412 g/mol. The number of carbonyl (C=O) groups is 3. The highest BCUT2D eigenvalue weighted by Gasteiger charge is 2.50. The monoisotopic (exact) mass is 438 g/mol. The van der Waals surface area contributed by atoms with Crippen LogP contribution in [0.25, 0.3) is 0 Å². The summed E-state index contributed by atoms with van der Waals surface area (Å²) in [6.07, 6.45) is 2.32. The third-order valence-electron chi connectivity index (χ3n) is 6.87. The van der Waals surface area contributed by atoms with Gasteiger partial charge in [-0.1, -0.05) is 54.1 Å². The van der Waals surface area contributed by atoms with Crippen LogP contribution >= 0.6 is 0 Å². The lowest BCUT2D eigenvalue weighted by atomic mass is 9.73. The molecule has 0 aromatic heterocycles. The second kappa shape index (κ2) is 8.66. The topological polar surface area (TPSA) is 66.5 Å². The Balaban J connectivity index is 1.34. The van der Waals surface area contributed by atoms with E-state index in [0.29, 0.717) is 29.3 Å². The summed E-state index contributed by atoms with van der Waals surface area (Å²) in [6.45, 7) is 1.97. The maximum Gasteiger partial charge on any atom is 0.255 e. The molecule has 1 aliphatic heterocycles. The molecule has 1 heterocycles. The van der Waals surface area contributed by atoms with Crippen molar-refractivity contribution in [2.45, 2.75) is 32.1 Å². The van der Waals surface area contributed by atoms with Crippen LogP contribution in [0, 0.1) is 18.8 Å². The molecule has 5 rings (SSSR count). The summed E-state index contributed by atoms with van der Waals surface area (Å²) >= 11 is 0. The molecule has 33 heavy (non-hydrogen) atoms. The number of imide groups is 1. The van der Waals surface area contributed by atoms with Gasteiger partial charge in [0.1, 0.15) is 0 Å². The highest BCUT2D eigenvalue weighted by Crippen LogP contribution is 2.45. The predicted octanol–water partition coefficient (Wildman–Crippen LogP) is 5.32. The van der Waals surface area contributed by atoms with Crippen molar-refractivity contribution in [3.05, 3.63) is 95.6 Å². The number of hydrogen-bond acceptors (Lipinski definition) is 3. The van der Waals surface area contributed by atoms with Gasteiger partial charge in [-0.2, -0.15) is 0 Å². The maximum absolute atomic E-state index is 13.3. The van der Waals surface area contributed by atoms with Crippen LogP contribution in [-0.4, -0.2) is 17.7 Å². The molecule has 3 amide bonds. The number of nitrogens with one attached hydrogen (secondary N) is 1. The number of fused-ring (bicyclic) bond motifs is 1. The molecule has 1 aliphatic carbocycles. The van der Waals surface area contributed by atoms with Crippen molar-refractivity contribution in [2.75, 3.05) is 10.2 Å². The molecule has 5 nitrogen and oxygen atoms in total.